The average Bonchev–Trinajstić information content (AvgIpc) is 2.18. The van der Waals surface area contributed by atoms with Crippen LogP contribution in [0, 0.1) is 0 Å². The molecule has 0 aliphatic heterocycles. The zero-order valence-corrected chi connectivity index (χ0v) is 11.9. The maximum Gasteiger partial charge on any atom is 0.324 e. The number of hydrogen-bond acceptors (Lipinski definition) is 3. The van der Waals surface area contributed by atoms with Crippen LogP contribution in [0.15, 0.2) is 0 Å². The zero-order chi connectivity index (χ0) is 13.9. The molecule has 0 atom stereocenters. The van der Waals surface area contributed by atoms with E-state index in [0.29, 0.717) is 13.1 Å². The van der Waals surface area contributed by atoms with Crippen molar-refractivity contribution in [3.05, 3.63) is 0 Å². The van der Waals surface area contributed by atoms with Gasteiger partial charge in [0.1, 0.15) is 5.54 Å². The third-order valence-corrected chi connectivity index (χ3v) is 5.18. The Morgan fingerprint density at radius 1 is 1.12 bits per heavy atom. The summed E-state index contributed by atoms with van der Waals surface area (Å²) >= 11 is 0. The quantitative estimate of drug-likeness (QED) is 0.738. The molecule has 0 aliphatic carbocycles. The summed E-state index contributed by atoms with van der Waals surface area (Å²) in [6.07, 6.45) is 0. The minimum atomic E-state index is -3.73. The largest absolute Gasteiger partial charge is 0.480 e. The van der Waals surface area contributed by atoms with E-state index in [-0.39, 0.29) is 6.54 Å². The molecular formula is C10H22N2O4S. The van der Waals surface area contributed by atoms with Crippen LogP contribution in [-0.2, 0) is 15.0 Å². The van der Waals surface area contributed by atoms with E-state index in [2.05, 4.69) is 0 Å². The number of hydrogen-bond donors (Lipinski definition) is 1. The van der Waals surface area contributed by atoms with Crippen molar-refractivity contribution in [3.63, 3.8) is 0 Å². The summed E-state index contributed by atoms with van der Waals surface area (Å²) in [6, 6.07) is 0. The Morgan fingerprint density at radius 2 is 1.53 bits per heavy atom. The molecule has 0 bridgehead atoms. The van der Waals surface area contributed by atoms with Crippen molar-refractivity contribution in [1.82, 2.24) is 8.61 Å². The first-order chi connectivity index (χ1) is 7.66. The molecule has 0 saturated heterocycles. The van der Waals surface area contributed by atoms with Gasteiger partial charge >= 0.3 is 5.97 Å². The molecule has 0 unspecified atom stereocenters. The molecular weight excluding hydrogens is 244 g/mol. The lowest BCUT2D eigenvalue weighted by molar-refractivity contribution is -0.146. The minimum Gasteiger partial charge on any atom is -0.480 e. The third kappa shape index (κ3) is 3.17. The SMILES string of the molecule is CCN(CC)S(=O)(=O)N(CC)C(C)(C)C(=O)O. The Labute approximate surface area is 103 Å². The van der Waals surface area contributed by atoms with Crippen molar-refractivity contribution in [2.75, 3.05) is 19.6 Å². The van der Waals surface area contributed by atoms with Gasteiger partial charge in [-0.15, -0.1) is 0 Å². The molecule has 7 heteroatoms. The predicted molar refractivity (Wildman–Crippen MR) is 65.9 cm³/mol. The van der Waals surface area contributed by atoms with E-state index in [1.807, 2.05) is 0 Å². The van der Waals surface area contributed by atoms with Gasteiger partial charge in [0.2, 0.25) is 0 Å². The van der Waals surface area contributed by atoms with E-state index in [0.717, 1.165) is 4.31 Å². The van der Waals surface area contributed by atoms with E-state index in [9.17, 15) is 13.2 Å². The zero-order valence-electron chi connectivity index (χ0n) is 11.1. The average molecular weight is 266 g/mol. The Bertz CT molecular complexity index is 361. The standard InChI is InChI=1S/C10H22N2O4S/c1-6-11(7-2)17(15,16)12(8-3)10(4,5)9(13)14/h6-8H2,1-5H3,(H,13,14). The molecule has 102 valence electrons. The number of nitrogens with zero attached hydrogens (tertiary/aromatic N) is 2. The molecule has 0 aromatic rings. The summed E-state index contributed by atoms with van der Waals surface area (Å²) in [5, 5.41) is 9.11. The van der Waals surface area contributed by atoms with Gasteiger partial charge in [-0.2, -0.15) is 17.0 Å². The molecule has 0 saturated carbocycles. The van der Waals surface area contributed by atoms with E-state index >= 15 is 0 Å². The van der Waals surface area contributed by atoms with Crippen LogP contribution in [0.5, 0.6) is 0 Å². The summed E-state index contributed by atoms with van der Waals surface area (Å²) in [6.45, 7) is 8.63. The van der Waals surface area contributed by atoms with Gasteiger partial charge in [-0.05, 0) is 13.8 Å². The van der Waals surface area contributed by atoms with E-state index in [4.69, 9.17) is 5.11 Å². The van der Waals surface area contributed by atoms with Crippen LogP contribution in [-0.4, -0.2) is 53.3 Å². The fraction of sp³-hybridized carbons (Fsp3) is 0.900. The molecule has 0 radical (unpaired) electrons. The molecule has 0 heterocycles. The van der Waals surface area contributed by atoms with Crippen molar-refractivity contribution >= 4 is 16.2 Å². The Hall–Kier alpha value is -0.660. The number of carboxylic acids is 1. The van der Waals surface area contributed by atoms with E-state index in [1.54, 1.807) is 20.8 Å². The molecule has 0 spiro atoms. The number of likely N-dealkylation sites (N-methyl/N-ethyl adjacent to an activating group) is 1. The Morgan fingerprint density at radius 3 is 1.76 bits per heavy atom. The summed E-state index contributed by atoms with van der Waals surface area (Å²) < 4.78 is 26.8. The van der Waals surface area contributed by atoms with Gasteiger partial charge < -0.3 is 5.11 Å². The van der Waals surface area contributed by atoms with Crippen LogP contribution in [0.25, 0.3) is 0 Å². The fourth-order valence-corrected chi connectivity index (χ4v) is 3.56. The molecule has 1 N–H and O–H groups in total. The topological polar surface area (TPSA) is 77.9 Å². The number of aliphatic carboxylic acids is 1. The van der Waals surface area contributed by atoms with Crippen LogP contribution in [0.1, 0.15) is 34.6 Å². The van der Waals surface area contributed by atoms with E-state index < -0.39 is 21.7 Å². The molecule has 17 heavy (non-hydrogen) atoms. The normalized spacial score (nSPS) is 13.4. The van der Waals surface area contributed by atoms with Crippen molar-refractivity contribution in [1.29, 1.82) is 0 Å². The van der Waals surface area contributed by atoms with Crippen LogP contribution < -0.4 is 0 Å². The highest BCUT2D eigenvalue weighted by Crippen LogP contribution is 2.21. The van der Waals surface area contributed by atoms with Crippen molar-refractivity contribution in [3.8, 4) is 0 Å². The highest BCUT2D eigenvalue weighted by atomic mass is 32.2. The van der Waals surface area contributed by atoms with Crippen LogP contribution in [0.3, 0.4) is 0 Å². The number of carbonyl (C=O) groups is 1. The lowest BCUT2D eigenvalue weighted by atomic mass is 10.1. The van der Waals surface area contributed by atoms with Crippen molar-refractivity contribution < 1.29 is 18.3 Å². The first-order valence-corrected chi connectivity index (χ1v) is 7.07. The highest BCUT2D eigenvalue weighted by molar-refractivity contribution is 7.86. The molecule has 0 aliphatic rings. The van der Waals surface area contributed by atoms with Gasteiger partial charge in [0.15, 0.2) is 0 Å². The number of carboxylic acid groups (broad SMARTS) is 1. The van der Waals surface area contributed by atoms with Gasteiger partial charge in [-0.1, -0.05) is 20.8 Å². The second-order valence-corrected chi connectivity index (χ2v) is 5.97. The van der Waals surface area contributed by atoms with Gasteiger partial charge in [0.05, 0.1) is 0 Å². The predicted octanol–water partition coefficient (Wildman–Crippen LogP) is 0.758. The molecule has 6 nitrogen and oxygen atoms in total. The summed E-state index contributed by atoms with van der Waals surface area (Å²) in [5.74, 6) is -1.16. The Kier molecular flexibility index (Phi) is 5.57. The van der Waals surface area contributed by atoms with Gasteiger partial charge in [0, 0.05) is 19.6 Å². The summed E-state index contributed by atoms with van der Waals surface area (Å²) in [4.78, 5) is 11.1. The van der Waals surface area contributed by atoms with Gasteiger partial charge in [-0.3, -0.25) is 4.79 Å². The molecule has 0 fully saturated rings. The molecule has 0 rings (SSSR count). The third-order valence-electron chi connectivity index (χ3n) is 2.74. The molecule has 0 amide bonds. The minimum absolute atomic E-state index is 0.123. The first kappa shape index (κ1) is 16.3. The lowest BCUT2D eigenvalue weighted by Crippen LogP contribution is -2.57. The molecule has 0 aromatic carbocycles. The maximum atomic E-state index is 12.3. The van der Waals surface area contributed by atoms with Gasteiger partial charge in [-0.25, -0.2) is 0 Å². The van der Waals surface area contributed by atoms with E-state index in [1.165, 1.54) is 18.2 Å². The Balaban J connectivity index is 5.48. The first-order valence-electron chi connectivity index (χ1n) is 5.67. The summed E-state index contributed by atoms with van der Waals surface area (Å²) in [5.41, 5.74) is -1.45. The smallest absolute Gasteiger partial charge is 0.324 e. The lowest BCUT2D eigenvalue weighted by Gasteiger charge is -2.36. The number of rotatable bonds is 7. The van der Waals surface area contributed by atoms with Crippen LogP contribution in [0.4, 0.5) is 0 Å². The highest BCUT2D eigenvalue weighted by Gasteiger charge is 2.42. The van der Waals surface area contributed by atoms with Crippen molar-refractivity contribution in [2.24, 2.45) is 0 Å². The second kappa shape index (κ2) is 5.79. The fourth-order valence-electron chi connectivity index (χ4n) is 1.64. The summed E-state index contributed by atoms with van der Waals surface area (Å²) in [7, 11) is -3.73. The molecule has 0 aromatic heterocycles. The maximum absolute atomic E-state index is 12.3. The monoisotopic (exact) mass is 266 g/mol. The second-order valence-electron chi connectivity index (χ2n) is 4.12. The van der Waals surface area contributed by atoms with Crippen LogP contribution >= 0.6 is 0 Å². The van der Waals surface area contributed by atoms with Gasteiger partial charge in [0.25, 0.3) is 10.2 Å². The van der Waals surface area contributed by atoms with Crippen LogP contribution in [0.2, 0.25) is 0 Å². The van der Waals surface area contributed by atoms with Crippen molar-refractivity contribution in [2.45, 2.75) is 40.2 Å².